The molecule has 1 aromatic heterocycles. The average Bonchev–Trinajstić information content (AvgIpc) is 3.53. The van der Waals surface area contributed by atoms with Gasteiger partial charge in [0.1, 0.15) is 18.1 Å². The van der Waals surface area contributed by atoms with Gasteiger partial charge in [-0.15, -0.1) is 0 Å². The number of hydrogen-bond acceptors (Lipinski definition) is 6. The highest BCUT2D eigenvalue weighted by atomic mass is 16.4. The Morgan fingerprint density at radius 1 is 1.16 bits per heavy atom. The molecule has 0 bridgehead atoms. The van der Waals surface area contributed by atoms with Crippen LogP contribution in [0, 0.1) is 5.92 Å². The highest BCUT2D eigenvalue weighted by Crippen LogP contribution is 2.21. The van der Waals surface area contributed by atoms with E-state index in [0.717, 1.165) is 16.5 Å². The first-order chi connectivity index (χ1) is 18.0. The third-order valence-electron chi connectivity index (χ3n) is 7.06. The summed E-state index contributed by atoms with van der Waals surface area (Å²) in [6.07, 6.45) is 2.49. The summed E-state index contributed by atoms with van der Waals surface area (Å²) >= 11 is 0. The molecule has 2 aromatic rings. The number of carbonyl (C=O) groups excluding carboxylic acids is 3. The molecule has 0 saturated carbocycles. The lowest BCUT2D eigenvalue weighted by atomic mass is 9.98. The summed E-state index contributed by atoms with van der Waals surface area (Å²) in [6, 6.07) is 2.92. The molecule has 0 radical (unpaired) electrons. The van der Waals surface area contributed by atoms with E-state index in [0.29, 0.717) is 12.8 Å². The van der Waals surface area contributed by atoms with E-state index in [9.17, 15) is 34.2 Å². The molecule has 3 amide bonds. The molecular formula is C26H35N5O7. The maximum absolute atomic E-state index is 13.4. The molecule has 0 spiro atoms. The van der Waals surface area contributed by atoms with Crippen molar-refractivity contribution in [1.29, 1.82) is 0 Å². The zero-order chi connectivity index (χ0) is 28.0. The summed E-state index contributed by atoms with van der Waals surface area (Å²) in [7, 11) is 0. The lowest BCUT2D eigenvalue weighted by Gasteiger charge is -2.30. The second kappa shape index (κ2) is 12.5. The Morgan fingerprint density at radius 3 is 2.53 bits per heavy atom. The summed E-state index contributed by atoms with van der Waals surface area (Å²) in [4.78, 5) is 66.7. The number of nitrogens with one attached hydrogen (secondary N) is 3. The van der Waals surface area contributed by atoms with Gasteiger partial charge in [0.05, 0.1) is 12.5 Å². The molecule has 7 N–H and O–H groups in total. The van der Waals surface area contributed by atoms with E-state index < -0.39 is 60.2 Å². The van der Waals surface area contributed by atoms with Gasteiger partial charge in [-0.25, -0.2) is 4.79 Å². The van der Waals surface area contributed by atoms with E-state index >= 15 is 0 Å². The van der Waals surface area contributed by atoms with Gasteiger partial charge in [0.25, 0.3) is 0 Å². The van der Waals surface area contributed by atoms with Crippen molar-refractivity contribution in [3.05, 3.63) is 36.0 Å². The normalized spacial score (nSPS) is 18.4. The number of hydrogen-bond donors (Lipinski definition) is 6. The molecule has 1 aliphatic heterocycles. The summed E-state index contributed by atoms with van der Waals surface area (Å²) in [5, 5.41) is 24.8. The smallest absolute Gasteiger partial charge is 0.326 e. The van der Waals surface area contributed by atoms with Crippen LogP contribution in [0.5, 0.6) is 0 Å². The third-order valence-corrected chi connectivity index (χ3v) is 7.06. The number of carbonyl (C=O) groups is 5. The fourth-order valence-corrected chi connectivity index (χ4v) is 4.72. The number of aromatic nitrogens is 1. The van der Waals surface area contributed by atoms with Crippen molar-refractivity contribution in [3.63, 3.8) is 0 Å². The van der Waals surface area contributed by atoms with Gasteiger partial charge < -0.3 is 36.5 Å². The van der Waals surface area contributed by atoms with Crippen molar-refractivity contribution in [2.24, 2.45) is 11.7 Å². The van der Waals surface area contributed by atoms with E-state index in [-0.39, 0.29) is 25.3 Å². The fraction of sp³-hybridized carbons (Fsp3) is 0.500. The summed E-state index contributed by atoms with van der Waals surface area (Å²) in [5.74, 6) is -4.87. The minimum absolute atomic E-state index is 0.158. The van der Waals surface area contributed by atoms with Crippen LogP contribution in [0.2, 0.25) is 0 Å². The standard InChI is InChI=1S/C26H35N5O7/c1-3-14(2)22(26(37)38)30-24(35)20-9-6-10-31(20)25(36)19(12-21(32)33)29-23(34)17(27)11-15-13-28-18-8-5-4-7-16(15)18/h4-5,7-8,13-14,17,19-20,22,28H,3,6,9-12,27H2,1-2H3,(H,29,34)(H,30,35)(H,32,33)(H,37,38). The van der Waals surface area contributed by atoms with Crippen LogP contribution >= 0.6 is 0 Å². The Hall–Kier alpha value is -3.93. The maximum Gasteiger partial charge on any atom is 0.326 e. The molecule has 1 fully saturated rings. The molecule has 1 aromatic carbocycles. The number of nitrogens with two attached hydrogens (primary N) is 1. The number of H-pyrrole nitrogens is 1. The van der Waals surface area contributed by atoms with Gasteiger partial charge in [0, 0.05) is 23.6 Å². The summed E-state index contributed by atoms with van der Waals surface area (Å²) in [5.41, 5.74) is 7.80. The maximum atomic E-state index is 13.4. The van der Waals surface area contributed by atoms with Gasteiger partial charge in [-0.3, -0.25) is 19.2 Å². The molecule has 5 unspecified atom stereocenters. The molecule has 38 heavy (non-hydrogen) atoms. The van der Waals surface area contributed by atoms with Crippen molar-refractivity contribution in [2.45, 2.75) is 70.1 Å². The minimum Gasteiger partial charge on any atom is -0.481 e. The van der Waals surface area contributed by atoms with Gasteiger partial charge in [0.15, 0.2) is 0 Å². The van der Waals surface area contributed by atoms with Crippen LogP contribution in [0.15, 0.2) is 30.5 Å². The Kier molecular flexibility index (Phi) is 9.45. The predicted octanol–water partition coefficient (Wildman–Crippen LogP) is 0.604. The number of para-hydroxylation sites is 1. The van der Waals surface area contributed by atoms with Crippen molar-refractivity contribution in [1.82, 2.24) is 20.5 Å². The highest BCUT2D eigenvalue weighted by molar-refractivity contribution is 5.96. The van der Waals surface area contributed by atoms with E-state index in [4.69, 9.17) is 5.73 Å². The second-order valence-corrected chi connectivity index (χ2v) is 9.73. The molecular weight excluding hydrogens is 494 g/mol. The van der Waals surface area contributed by atoms with E-state index in [1.807, 2.05) is 24.3 Å². The first-order valence-electron chi connectivity index (χ1n) is 12.7. The lowest BCUT2D eigenvalue weighted by Crippen LogP contribution is -2.57. The van der Waals surface area contributed by atoms with E-state index in [1.54, 1.807) is 20.0 Å². The van der Waals surface area contributed by atoms with Crippen LogP contribution in [0.4, 0.5) is 0 Å². The van der Waals surface area contributed by atoms with Crippen LogP contribution in [0.1, 0.15) is 45.1 Å². The number of rotatable bonds is 12. The van der Waals surface area contributed by atoms with Crippen molar-refractivity contribution in [3.8, 4) is 0 Å². The number of aliphatic carboxylic acids is 2. The number of carboxylic acid groups (broad SMARTS) is 2. The highest BCUT2D eigenvalue weighted by Gasteiger charge is 2.40. The minimum atomic E-state index is -1.44. The first kappa shape index (κ1) is 28.6. The van der Waals surface area contributed by atoms with E-state index in [2.05, 4.69) is 15.6 Å². The van der Waals surface area contributed by atoms with Crippen LogP contribution in [0.25, 0.3) is 10.9 Å². The first-order valence-corrected chi connectivity index (χ1v) is 12.7. The molecule has 0 aliphatic carbocycles. The Bertz CT molecular complexity index is 1200. The van der Waals surface area contributed by atoms with Crippen LogP contribution in [-0.4, -0.2) is 80.5 Å². The molecule has 1 saturated heterocycles. The number of amides is 3. The number of nitrogens with zero attached hydrogens (tertiary/aromatic N) is 1. The van der Waals surface area contributed by atoms with Gasteiger partial charge in [0.2, 0.25) is 17.7 Å². The molecule has 12 nitrogen and oxygen atoms in total. The largest absolute Gasteiger partial charge is 0.481 e. The molecule has 2 heterocycles. The molecule has 206 valence electrons. The summed E-state index contributed by atoms with van der Waals surface area (Å²) in [6.45, 7) is 3.68. The topological polar surface area (TPSA) is 195 Å². The molecule has 12 heteroatoms. The SMILES string of the molecule is CCC(C)C(NC(=O)C1CCCN1C(=O)C(CC(=O)O)NC(=O)C(N)Cc1c[nH]c2ccccc12)C(=O)O. The lowest BCUT2D eigenvalue weighted by molar-refractivity contribution is -0.147. The number of aromatic amines is 1. The van der Waals surface area contributed by atoms with Crippen LogP contribution in [-0.2, 0) is 30.4 Å². The predicted molar refractivity (Wildman–Crippen MR) is 138 cm³/mol. The zero-order valence-electron chi connectivity index (χ0n) is 21.5. The second-order valence-electron chi connectivity index (χ2n) is 9.73. The Balaban J connectivity index is 1.71. The van der Waals surface area contributed by atoms with Crippen LogP contribution < -0.4 is 16.4 Å². The Labute approximate surface area is 219 Å². The monoisotopic (exact) mass is 529 g/mol. The summed E-state index contributed by atoms with van der Waals surface area (Å²) < 4.78 is 0. The number of fused-ring (bicyclic) bond motifs is 1. The number of likely N-dealkylation sites (tertiary alicyclic amines) is 1. The van der Waals surface area contributed by atoms with Crippen molar-refractivity contribution in [2.75, 3.05) is 6.54 Å². The number of carboxylic acids is 2. The Morgan fingerprint density at radius 2 is 1.87 bits per heavy atom. The van der Waals surface area contributed by atoms with Crippen molar-refractivity contribution < 1.29 is 34.2 Å². The van der Waals surface area contributed by atoms with E-state index in [1.165, 1.54) is 4.90 Å². The van der Waals surface area contributed by atoms with Gasteiger partial charge in [-0.05, 0) is 36.8 Å². The quantitative estimate of drug-likeness (QED) is 0.230. The molecule has 1 aliphatic rings. The van der Waals surface area contributed by atoms with Gasteiger partial charge in [-0.1, -0.05) is 38.5 Å². The van der Waals surface area contributed by atoms with Crippen molar-refractivity contribution >= 4 is 40.6 Å². The molecule has 5 atom stereocenters. The van der Waals surface area contributed by atoms with Gasteiger partial charge >= 0.3 is 11.9 Å². The fourth-order valence-electron chi connectivity index (χ4n) is 4.72. The van der Waals surface area contributed by atoms with Gasteiger partial charge in [-0.2, -0.15) is 0 Å². The van der Waals surface area contributed by atoms with Crippen LogP contribution in [0.3, 0.4) is 0 Å². The average molecular weight is 530 g/mol. The zero-order valence-corrected chi connectivity index (χ0v) is 21.5. The number of benzene rings is 1. The third kappa shape index (κ3) is 6.68. The molecule has 3 rings (SSSR count).